The molecule has 0 saturated carbocycles. The number of methoxy groups -OCH3 is 1. The standard InChI is InChI=1S/C14H13BrN2O3/c1-20-13-3-2-9(8-17-13)7-16-12-5-10(14(18)19)4-11(15)6-12/h2-6,8,16H,7H2,1H3,(H,18,19). The predicted octanol–water partition coefficient (Wildman–Crippen LogP) is 3.16. The molecule has 0 aliphatic carbocycles. The number of nitrogens with zero attached hydrogens (tertiary/aromatic N) is 1. The molecule has 0 radical (unpaired) electrons. The normalized spacial score (nSPS) is 10.1. The summed E-state index contributed by atoms with van der Waals surface area (Å²) in [6.45, 7) is 0.548. The molecule has 104 valence electrons. The molecule has 2 rings (SSSR count). The van der Waals surface area contributed by atoms with E-state index in [-0.39, 0.29) is 5.56 Å². The Balaban J connectivity index is 2.08. The van der Waals surface area contributed by atoms with E-state index in [4.69, 9.17) is 9.84 Å². The summed E-state index contributed by atoms with van der Waals surface area (Å²) in [5.74, 6) is -0.398. The Bertz CT molecular complexity index is 614. The Morgan fingerprint density at radius 2 is 2.20 bits per heavy atom. The van der Waals surface area contributed by atoms with Gasteiger partial charge in [0, 0.05) is 29.0 Å². The van der Waals surface area contributed by atoms with E-state index in [2.05, 4.69) is 26.2 Å². The topological polar surface area (TPSA) is 71.5 Å². The Hall–Kier alpha value is -2.08. The highest BCUT2D eigenvalue weighted by atomic mass is 79.9. The van der Waals surface area contributed by atoms with Crippen LogP contribution in [0.2, 0.25) is 0 Å². The third-order valence-electron chi connectivity index (χ3n) is 2.65. The number of rotatable bonds is 5. The largest absolute Gasteiger partial charge is 0.481 e. The fourth-order valence-corrected chi connectivity index (χ4v) is 2.15. The van der Waals surface area contributed by atoms with Gasteiger partial charge in [-0.05, 0) is 23.8 Å². The first-order chi connectivity index (χ1) is 9.58. The second kappa shape index (κ2) is 6.38. The number of anilines is 1. The van der Waals surface area contributed by atoms with Crippen molar-refractivity contribution in [3.05, 3.63) is 52.1 Å². The van der Waals surface area contributed by atoms with Crippen molar-refractivity contribution in [3.8, 4) is 5.88 Å². The van der Waals surface area contributed by atoms with Crippen LogP contribution in [0.15, 0.2) is 41.0 Å². The number of nitrogens with one attached hydrogen (secondary N) is 1. The quantitative estimate of drug-likeness (QED) is 0.877. The van der Waals surface area contributed by atoms with Gasteiger partial charge in [0.25, 0.3) is 0 Å². The number of carboxylic acid groups (broad SMARTS) is 1. The third-order valence-corrected chi connectivity index (χ3v) is 3.11. The van der Waals surface area contributed by atoms with Crippen molar-refractivity contribution in [2.75, 3.05) is 12.4 Å². The lowest BCUT2D eigenvalue weighted by Crippen LogP contribution is -2.03. The van der Waals surface area contributed by atoms with Crippen LogP contribution in [0.25, 0.3) is 0 Å². The van der Waals surface area contributed by atoms with Gasteiger partial charge in [-0.25, -0.2) is 9.78 Å². The van der Waals surface area contributed by atoms with Crippen LogP contribution in [-0.4, -0.2) is 23.2 Å². The second-order valence-electron chi connectivity index (χ2n) is 4.10. The van der Waals surface area contributed by atoms with Crippen molar-refractivity contribution in [3.63, 3.8) is 0 Å². The SMILES string of the molecule is COc1ccc(CNc2cc(Br)cc(C(=O)O)c2)cn1. The number of benzene rings is 1. The summed E-state index contributed by atoms with van der Waals surface area (Å²) in [6.07, 6.45) is 1.71. The van der Waals surface area contributed by atoms with Crippen molar-refractivity contribution in [1.82, 2.24) is 4.98 Å². The second-order valence-corrected chi connectivity index (χ2v) is 5.01. The lowest BCUT2D eigenvalue weighted by Gasteiger charge is -2.08. The number of carboxylic acids is 1. The third kappa shape index (κ3) is 3.71. The summed E-state index contributed by atoms with van der Waals surface area (Å²) < 4.78 is 5.70. The van der Waals surface area contributed by atoms with Crippen LogP contribution >= 0.6 is 15.9 Å². The maximum absolute atomic E-state index is 11.0. The van der Waals surface area contributed by atoms with E-state index >= 15 is 0 Å². The Labute approximate surface area is 124 Å². The summed E-state index contributed by atoms with van der Waals surface area (Å²) in [7, 11) is 1.56. The lowest BCUT2D eigenvalue weighted by molar-refractivity contribution is 0.0697. The van der Waals surface area contributed by atoms with Crippen molar-refractivity contribution >= 4 is 27.6 Å². The average molecular weight is 337 g/mol. The number of hydrogen-bond acceptors (Lipinski definition) is 4. The van der Waals surface area contributed by atoms with Crippen LogP contribution in [0, 0.1) is 0 Å². The summed E-state index contributed by atoms with van der Waals surface area (Å²) in [6, 6.07) is 8.64. The molecule has 2 N–H and O–H groups in total. The average Bonchev–Trinajstić information content (AvgIpc) is 2.45. The Kier molecular flexibility index (Phi) is 4.57. The first kappa shape index (κ1) is 14.3. The number of ether oxygens (including phenoxy) is 1. The molecule has 0 atom stereocenters. The van der Waals surface area contributed by atoms with Crippen molar-refractivity contribution < 1.29 is 14.6 Å². The zero-order chi connectivity index (χ0) is 14.5. The highest BCUT2D eigenvalue weighted by Gasteiger charge is 2.06. The van der Waals surface area contributed by atoms with E-state index in [0.717, 1.165) is 11.3 Å². The molecule has 1 heterocycles. The van der Waals surface area contributed by atoms with Crippen LogP contribution in [0.1, 0.15) is 15.9 Å². The zero-order valence-electron chi connectivity index (χ0n) is 10.8. The molecular weight excluding hydrogens is 324 g/mol. The Morgan fingerprint density at radius 3 is 2.80 bits per heavy atom. The maximum Gasteiger partial charge on any atom is 0.335 e. The molecule has 0 aliphatic rings. The minimum absolute atomic E-state index is 0.231. The first-order valence-corrected chi connectivity index (χ1v) is 6.64. The van der Waals surface area contributed by atoms with Gasteiger partial charge in [0.15, 0.2) is 0 Å². The number of hydrogen-bond donors (Lipinski definition) is 2. The fourth-order valence-electron chi connectivity index (χ4n) is 1.66. The van der Waals surface area contributed by atoms with Crippen LogP contribution < -0.4 is 10.1 Å². The summed E-state index contributed by atoms with van der Waals surface area (Å²) in [4.78, 5) is 15.1. The minimum Gasteiger partial charge on any atom is -0.481 e. The molecule has 6 heteroatoms. The van der Waals surface area contributed by atoms with E-state index in [1.807, 2.05) is 12.1 Å². The van der Waals surface area contributed by atoms with Gasteiger partial charge >= 0.3 is 5.97 Å². The molecule has 5 nitrogen and oxygen atoms in total. The van der Waals surface area contributed by atoms with Gasteiger partial charge in [0.05, 0.1) is 12.7 Å². The van der Waals surface area contributed by atoms with Crippen molar-refractivity contribution in [1.29, 1.82) is 0 Å². The lowest BCUT2D eigenvalue weighted by atomic mass is 10.2. The molecule has 0 amide bonds. The zero-order valence-corrected chi connectivity index (χ0v) is 12.3. The van der Waals surface area contributed by atoms with Gasteiger partial charge in [0.1, 0.15) is 0 Å². The van der Waals surface area contributed by atoms with E-state index < -0.39 is 5.97 Å². The fraction of sp³-hybridized carbons (Fsp3) is 0.143. The molecular formula is C14H13BrN2O3. The number of carbonyl (C=O) groups is 1. The molecule has 0 spiro atoms. The number of halogens is 1. The number of aromatic nitrogens is 1. The van der Waals surface area contributed by atoms with E-state index in [1.165, 1.54) is 0 Å². The van der Waals surface area contributed by atoms with Gasteiger partial charge < -0.3 is 15.2 Å². The van der Waals surface area contributed by atoms with Crippen LogP contribution in [0.5, 0.6) is 5.88 Å². The smallest absolute Gasteiger partial charge is 0.335 e. The van der Waals surface area contributed by atoms with Gasteiger partial charge in [-0.3, -0.25) is 0 Å². The van der Waals surface area contributed by atoms with E-state index in [1.54, 1.807) is 31.5 Å². The van der Waals surface area contributed by atoms with E-state index in [9.17, 15) is 4.79 Å². The molecule has 2 aromatic rings. The molecule has 0 saturated heterocycles. The van der Waals surface area contributed by atoms with E-state index in [0.29, 0.717) is 16.9 Å². The Morgan fingerprint density at radius 1 is 1.40 bits per heavy atom. The predicted molar refractivity (Wildman–Crippen MR) is 79.2 cm³/mol. The van der Waals surface area contributed by atoms with Gasteiger partial charge in [-0.2, -0.15) is 0 Å². The monoisotopic (exact) mass is 336 g/mol. The minimum atomic E-state index is -0.958. The van der Waals surface area contributed by atoms with Gasteiger partial charge in [-0.15, -0.1) is 0 Å². The summed E-state index contributed by atoms with van der Waals surface area (Å²) >= 11 is 3.29. The maximum atomic E-state index is 11.0. The molecule has 0 fully saturated rings. The summed E-state index contributed by atoms with van der Waals surface area (Å²) in [5, 5.41) is 12.2. The van der Waals surface area contributed by atoms with Crippen LogP contribution in [-0.2, 0) is 6.54 Å². The van der Waals surface area contributed by atoms with Crippen LogP contribution in [0.4, 0.5) is 5.69 Å². The van der Waals surface area contributed by atoms with Crippen molar-refractivity contribution in [2.24, 2.45) is 0 Å². The molecule has 0 aliphatic heterocycles. The summed E-state index contributed by atoms with van der Waals surface area (Å²) in [5.41, 5.74) is 1.94. The molecule has 0 unspecified atom stereocenters. The van der Waals surface area contributed by atoms with Crippen molar-refractivity contribution in [2.45, 2.75) is 6.54 Å². The molecule has 1 aromatic carbocycles. The molecule has 1 aromatic heterocycles. The van der Waals surface area contributed by atoms with Crippen LogP contribution in [0.3, 0.4) is 0 Å². The van der Waals surface area contributed by atoms with Gasteiger partial charge in [-0.1, -0.05) is 22.0 Å². The first-order valence-electron chi connectivity index (χ1n) is 5.85. The highest BCUT2D eigenvalue weighted by molar-refractivity contribution is 9.10. The molecule has 0 bridgehead atoms. The highest BCUT2D eigenvalue weighted by Crippen LogP contribution is 2.20. The number of aromatic carboxylic acids is 1. The molecule has 20 heavy (non-hydrogen) atoms. The van der Waals surface area contributed by atoms with Gasteiger partial charge in [0.2, 0.25) is 5.88 Å². The number of pyridine rings is 1.